The number of aromatic carboxylic acids is 1. The topological polar surface area (TPSA) is 76.0 Å². The molecule has 2 heterocycles. The van der Waals surface area contributed by atoms with Gasteiger partial charge in [0.15, 0.2) is 0 Å². The van der Waals surface area contributed by atoms with E-state index in [-0.39, 0.29) is 0 Å². The maximum atomic E-state index is 11.2. The van der Waals surface area contributed by atoms with E-state index < -0.39 is 5.97 Å². The second-order valence-corrected chi connectivity index (χ2v) is 5.21. The normalized spacial score (nSPS) is 10.8. The number of fused-ring (bicyclic) bond motifs is 1. The SMILES string of the molecule is CCc1nc(-c2ccc3nccnc3c2)sc1C(=O)O. The number of aryl methyl sites for hydroxylation is 1. The molecule has 1 aromatic carbocycles. The van der Waals surface area contributed by atoms with Crippen LogP contribution in [-0.2, 0) is 6.42 Å². The lowest BCUT2D eigenvalue weighted by molar-refractivity contribution is 0.0701. The molecule has 0 aliphatic heterocycles. The Morgan fingerprint density at radius 1 is 1.25 bits per heavy atom. The largest absolute Gasteiger partial charge is 0.477 e. The minimum Gasteiger partial charge on any atom is -0.477 e. The Morgan fingerprint density at radius 2 is 2.00 bits per heavy atom. The highest BCUT2D eigenvalue weighted by molar-refractivity contribution is 7.17. The number of nitrogens with zero attached hydrogens (tertiary/aromatic N) is 3. The average molecular weight is 285 g/mol. The molecule has 20 heavy (non-hydrogen) atoms. The molecular weight excluding hydrogens is 274 g/mol. The summed E-state index contributed by atoms with van der Waals surface area (Å²) in [5.41, 5.74) is 3.07. The second-order valence-electron chi connectivity index (χ2n) is 4.21. The summed E-state index contributed by atoms with van der Waals surface area (Å²) in [6, 6.07) is 5.64. The van der Waals surface area contributed by atoms with Crippen LogP contribution in [0.3, 0.4) is 0 Å². The highest BCUT2D eigenvalue weighted by atomic mass is 32.1. The van der Waals surface area contributed by atoms with Gasteiger partial charge < -0.3 is 5.11 Å². The van der Waals surface area contributed by atoms with Crippen LogP contribution in [0.5, 0.6) is 0 Å². The van der Waals surface area contributed by atoms with E-state index in [9.17, 15) is 9.90 Å². The van der Waals surface area contributed by atoms with E-state index in [1.54, 1.807) is 12.4 Å². The summed E-state index contributed by atoms with van der Waals surface area (Å²) in [7, 11) is 0. The first kappa shape index (κ1) is 12.7. The molecule has 0 aliphatic rings. The average Bonchev–Trinajstić information content (AvgIpc) is 2.91. The van der Waals surface area contributed by atoms with Crippen LogP contribution < -0.4 is 0 Å². The minimum atomic E-state index is -0.925. The molecule has 0 bridgehead atoms. The van der Waals surface area contributed by atoms with Crippen LogP contribution in [-0.4, -0.2) is 26.0 Å². The van der Waals surface area contributed by atoms with Crippen molar-refractivity contribution < 1.29 is 9.90 Å². The van der Waals surface area contributed by atoms with Crippen molar-refractivity contribution in [3.05, 3.63) is 41.2 Å². The van der Waals surface area contributed by atoms with Gasteiger partial charge in [-0.1, -0.05) is 6.92 Å². The van der Waals surface area contributed by atoms with Gasteiger partial charge in [0.05, 0.1) is 16.7 Å². The molecule has 0 saturated heterocycles. The fourth-order valence-electron chi connectivity index (χ4n) is 1.98. The van der Waals surface area contributed by atoms with Crippen molar-refractivity contribution in [2.75, 3.05) is 0 Å². The smallest absolute Gasteiger partial charge is 0.347 e. The van der Waals surface area contributed by atoms with E-state index in [2.05, 4.69) is 15.0 Å². The molecule has 0 atom stereocenters. The monoisotopic (exact) mass is 285 g/mol. The maximum absolute atomic E-state index is 11.2. The van der Waals surface area contributed by atoms with E-state index in [0.29, 0.717) is 22.0 Å². The summed E-state index contributed by atoms with van der Waals surface area (Å²) in [6.07, 6.45) is 3.88. The number of rotatable bonds is 3. The van der Waals surface area contributed by atoms with Crippen molar-refractivity contribution in [3.63, 3.8) is 0 Å². The number of aromatic nitrogens is 3. The Bertz CT molecular complexity index is 798. The third-order valence-corrected chi connectivity index (χ3v) is 4.08. The molecule has 0 unspecified atom stereocenters. The summed E-state index contributed by atoms with van der Waals surface area (Å²) in [4.78, 5) is 24.4. The summed E-state index contributed by atoms with van der Waals surface area (Å²) in [5, 5.41) is 9.88. The minimum absolute atomic E-state index is 0.307. The third kappa shape index (κ3) is 2.14. The number of carboxylic acid groups (broad SMARTS) is 1. The van der Waals surface area contributed by atoms with Crippen molar-refractivity contribution in [3.8, 4) is 10.6 Å². The number of carbonyl (C=O) groups is 1. The van der Waals surface area contributed by atoms with Crippen molar-refractivity contribution in [1.82, 2.24) is 15.0 Å². The zero-order valence-corrected chi connectivity index (χ0v) is 11.5. The number of thiazole rings is 1. The molecule has 5 nitrogen and oxygen atoms in total. The van der Waals surface area contributed by atoms with Gasteiger partial charge in [0.25, 0.3) is 0 Å². The van der Waals surface area contributed by atoms with Gasteiger partial charge in [0.2, 0.25) is 0 Å². The van der Waals surface area contributed by atoms with Crippen LogP contribution in [0.25, 0.3) is 21.6 Å². The van der Waals surface area contributed by atoms with Crippen molar-refractivity contribution in [2.45, 2.75) is 13.3 Å². The molecule has 3 aromatic rings. The summed E-state index contributed by atoms with van der Waals surface area (Å²) < 4.78 is 0. The molecular formula is C14H11N3O2S. The van der Waals surface area contributed by atoms with Gasteiger partial charge in [0, 0.05) is 18.0 Å². The molecule has 0 amide bonds. The van der Waals surface area contributed by atoms with Crippen LogP contribution in [0.4, 0.5) is 0 Å². The predicted molar refractivity (Wildman–Crippen MR) is 77.0 cm³/mol. The molecule has 6 heteroatoms. The van der Waals surface area contributed by atoms with Gasteiger partial charge in [-0.15, -0.1) is 11.3 Å². The van der Waals surface area contributed by atoms with Gasteiger partial charge in [-0.3, -0.25) is 9.97 Å². The Morgan fingerprint density at radius 3 is 2.65 bits per heavy atom. The fourth-order valence-corrected chi connectivity index (χ4v) is 2.97. The van der Waals surface area contributed by atoms with E-state index >= 15 is 0 Å². The van der Waals surface area contributed by atoms with E-state index in [4.69, 9.17) is 0 Å². The molecule has 3 rings (SSSR count). The second kappa shape index (κ2) is 4.97. The fraction of sp³-hybridized carbons (Fsp3) is 0.143. The first-order chi connectivity index (χ1) is 9.69. The molecule has 0 spiro atoms. The van der Waals surface area contributed by atoms with E-state index in [1.165, 1.54) is 11.3 Å². The van der Waals surface area contributed by atoms with Gasteiger partial charge in [0.1, 0.15) is 9.88 Å². The molecule has 0 saturated carbocycles. The highest BCUT2D eigenvalue weighted by Gasteiger charge is 2.17. The zero-order chi connectivity index (χ0) is 14.1. The van der Waals surface area contributed by atoms with Crippen LogP contribution in [0.15, 0.2) is 30.6 Å². The molecule has 0 aliphatic carbocycles. The number of carboxylic acids is 1. The molecule has 100 valence electrons. The number of hydrogen-bond donors (Lipinski definition) is 1. The van der Waals surface area contributed by atoms with Crippen molar-refractivity contribution in [1.29, 1.82) is 0 Å². The van der Waals surface area contributed by atoms with Gasteiger partial charge >= 0.3 is 5.97 Å². The van der Waals surface area contributed by atoms with Gasteiger partial charge in [-0.25, -0.2) is 9.78 Å². The van der Waals surface area contributed by atoms with Crippen LogP contribution in [0, 0.1) is 0 Å². The number of benzene rings is 1. The number of hydrogen-bond acceptors (Lipinski definition) is 5. The lowest BCUT2D eigenvalue weighted by Crippen LogP contribution is -1.97. The summed E-state index contributed by atoms with van der Waals surface area (Å²) in [5.74, 6) is -0.925. The Kier molecular flexibility index (Phi) is 3.15. The van der Waals surface area contributed by atoms with Crippen molar-refractivity contribution in [2.24, 2.45) is 0 Å². The first-order valence-corrected chi connectivity index (χ1v) is 6.95. The zero-order valence-electron chi connectivity index (χ0n) is 10.7. The standard InChI is InChI=1S/C14H11N3O2S/c1-2-9-12(14(18)19)20-13(17-9)8-3-4-10-11(7-8)16-6-5-15-10/h3-7H,2H2,1H3,(H,18,19). The molecule has 2 aromatic heterocycles. The molecule has 0 fully saturated rings. The van der Waals surface area contributed by atoms with Crippen LogP contribution in [0.2, 0.25) is 0 Å². The maximum Gasteiger partial charge on any atom is 0.347 e. The molecule has 1 N–H and O–H groups in total. The first-order valence-electron chi connectivity index (χ1n) is 6.13. The van der Waals surface area contributed by atoms with Crippen LogP contribution >= 0.6 is 11.3 Å². The third-order valence-electron chi connectivity index (χ3n) is 2.94. The highest BCUT2D eigenvalue weighted by Crippen LogP contribution is 2.29. The Balaban J connectivity index is 2.13. The van der Waals surface area contributed by atoms with Gasteiger partial charge in [-0.05, 0) is 24.6 Å². The Labute approximate surface area is 119 Å². The van der Waals surface area contributed by atoms with E-state index in [1.807, 2.05) is 25.1 Å². The Hall–Kier alpha value is -2.34. The molecule has 0 radical (unpaired) electrons. The quantitative estimate of drug-likeness (QED) is 0.800. The lowest BCUT2D eigenvalue weighted by atomic mass is 10.2. The van der Waals surface area contributed by atoms with Crippen molar-refractivity contribution >= 4 is 28.3 Å². The summed E-state index contributed by atoms with van der Waals surface area (Å²) in [6.45, 7) is 1.90. The predicted octanol–water partition coefficient (Wildman–Crippen LogP) is 3.01. The summed E-state index contributed by atoms with van der Waals surface area (Å²) >= 11 is 1.19. The van der Waals surface area contributed by atoms with Crippen LogP contribution in [0.1, 0.15) is 22.3 Å². The van der Waals surface area contributed by atoms with E-state index in [0.717, 1.165) is 16.6 Å². The van der Waals surface area contributed by atoms with Gasteiger partial charge in [-0.2, -0.15) is 0 Å². The lowest BCUT2D eigenvalue weighted by Gasteiger charge is -1.98.